The first-order valence-corrected chi connectivity index (χ1v) is 12.0. The van der Waals surface area contributed by atoms with Crippen LogP contribution in [0.25, 0.3) is 0 Å². The van der Waals surface area contributed by atoms with Crippen LogP contribution in [0.2, 0.25) is 0 Å². The highest BCUT2D eigenvalue weighted by molar-refractivity contribution is 7.89. The number of nitriles is 1. The summed E-state index contributed by atoms with van der Waals surface area (Å²) < 4.78 is 32.1. The van der Waals surface area contributed by atoms with Crippen molar-refractivity contribution in [1.29, 1.82) is 5.26 Å². The molecule has 2 aromatic rings. The molecule has 1 N–H and O–H groups in total. The summed E-state index contributed by atoms with van der Waals surface area (Å²) in [6.07, 6.45) is 2.67. The Kier molecular flexibility index (Phi) is 6.79. The number of ether oxygens (including phenoxy) is 1. The normalized spacial score (nSPS) is 17.0. The van der Waals surface area contributed by atoms with E-state index in [1.807, 2.05) is 13.0 Å². The third kappa shape index (κ3) is 4.49. The number of methoxy groups -OCH3 is 1. The molecule has 0 bridgehead atoms. The Morgan fingerprint density at radius 3 is 2.52 bits per heavy atom. The van der Waals surface area contributed by atoms with Crippen molar-refractivity contribution in [3.63, 3.8) is 0 Å². The van der Waals surface area contributed by atoms with Crippen LogP contribution >= 0.6 is 11.3 Å². The summed E-state index contributed by atoms with van der Waals surface area (Å²) in [5, 5.41) is 12.3. The molecule has 8 nitrogen and oxygen atoms in total. The van der Waals surface area contributed by atoms with Gasteiger partial charge in [0.2, 0.25) is 10.0 Å². The Bertz CT molecular complexity index is 1150. The number of amides is 1. The fraction of sp³-hybridized carbons (Fsp3) is 0.381. The minimum absolute atomic E-state index is 0.0581. The highest BCUT2D eigenvalue weighted by Gasteiger charge is 2.31. The van der Waals surface area contributed by atoms with Crippen LogP contribution < -0.4 is 5.32 Å². The number of piperidine rings is 1. The van der Waals surface area contributed by atoms with E-state index in [1.165, 1.54) is 35.7 Å². The van der Waals surface area contributed by atoms with E-state index in [1.54, 1.807) is 6.92 Å². The molecule has 1 aliphatic rings. The zero-order valence-corrected chi connectivity index (χ0v) is 19.1. The molecule has 1 aromatic heterocycles. The summed E-state index contributed by atoms with van der Waals surface area (Å²) in [5.74, 6) is -1.09. The van der Waals surface area contributed by atoms with Gasteiger partial charge in [-0.3, -0.25) is 4.79 Å². The molecule has 164 valence electrons. The van der Waals surface area contributed by atoms with E-state index in [2.05, 4.69) is 5.32 Å². The van der Waals surface area contributed by atoms with E-state index in [0.717, 1.165) is 30.6 Å². The van der Waals surface area contributed by atoms with Gasteiger partial charge in [-0.25, -0.2) is 13.2 Å². The van der Waals surface area contributed by atoms with E-state index in [4.69, 9.17) is 4.74 Å². The van der Waals surface area contributed by atoms with E-state index >= 15 is 0 Å². The number of esters is 1. The van der Waals surface area contributed by atoms with E-state index < -0.39 is 21.9 Å². The van der Waals surface area contributed by atoms with Crippen molar-refractivity contribution in [2.75, 3.05) is 19.0 Å². The third-order valence-corrected chi connectivity index (χ3v) is 8.54. The minimum Gasteiger partial charge on any atom is -0.465 e. The van der Waals surface area contributed by atoms with Crippen LogP contribution in [0.5, 0.6) is 0 Å². The lowest BCUT2D eigenvalue weighted by Gasteiger charge is -2.32. The molecule has 2 heterocycles. The van der Waals surface area contributed by atoms with Crippen molar-refractivity contribution in [2.45, 2.75) is 44.0 Å². The quantitative estimate of drug-likeness (QED) is 0.681. The van der Waals surface area contributed by atoms with Crippen molar-refractivity contribution in [3.8, 4) is 6.07 Å². The van der Waals surface area contributed by atoms with Gasteiger partial charge in [0.15, 0.2) is 0 Å². The minimum atomic E-state index is -3.63. The second kappa shape index (κ2) is 9.18. The van der Waals surface area contributed by atoms with Gasteiger partial charge in [-0.2, -0.15) is 9.57 Å². The Labute approximate surface area is 185 Å². The number of hydrogen-bond donors (Lipinski definition) is 1. The van der Waals surface area contributed by atoms with Gasteiger partial charge in [0.05, 0.1) is 17.6 Å². The first-order valence-electron chi connectivity index (χ1n) is 9.75. The van der Waals surface area contributed by atoms with Gasteiger partial charge in [-0.1, -0.05) is 6.42 Å². The molecule has 31 heavy (non-hydrogen) atoms. The van der Waals surface area contributed by atoms with Gasteiger partial charge >= 0.3 is 5.97 Å². The van der Waals surface area contributed by atoms with Crippen molar-refractivity contribution in [3.05, 3.63) is 45.8 Å². The summed E-state index contributed by atoms with van der Waals surface area (Å²) in [4.78, 5) is 24.9. The molecule has 0 aliphatic carbocycles. The monoisotopic (exact) mass is 461 g/mol. The second-order valence-electron chi connectivity index (χ2n) is 7.30. The number of nitrogens with zero attached hydrogens (tertiary/aromatic N) is 2. The molecular formula is C21H23N3O5S2. The number of sulfonamides is 1. The van der Waals surface area contributed by atoms with Crippen molar-refractivity contribution >= 4 is 38.2 Å². The number of nitrogens with one attached hydrogen (secondary N) is 1. The van der Waals surface area contributed by atoms with E-state index in [0.29, 0.717) is 12.1 Å². The van der Waals surface area contributed by atoms with Crippen LogP contribution in [0, 0.1) is 18.3 Å². The number of thiophene rings is 1. The maximum absolute atomic E-state index is 12.9. The summed E-state index contributed by atoms with van der Waals surface area (Å²) >= 11 is 0.961. The molecule has 1 fully saturated rings. The van der Waals surface area contributed by atoms with Crippen LogP contribution in [-0.2, 0) is 14.8 Å². The lowest BCUT2D eigenvalue weighted by atomic mass is 10.1. The molecule has 1 aromatic carbocycles. The number of rotatable bonds is 5. The fourth-order valence-corrected chi connectivity index (χ4v) is 6.31. The first kappa shape index (κ1) is 22.9. The Hall–Kier alpha value is -2.74. The third-order valence-electron chi connectivity index (χ3n) is 5.32. The molecule has 1 unspecified atom stereocenters. The molecule has 0 radical (unpaired) electrons. The maximum Gasteiger partial charge on any atom is 0.348 e. The molecule has 3 rings (SSSR count). The van der Waals surface area contributed by atoms with E-state index in [9.17, 15) is 23.3 Å². The SMILES string of the molecule is COC(=O)c1sc(NC(=O)c2ccc(S(=O)(=O)N3CCCCC3C)cc2)c(C#N)c1C. The maximum atomic E-state index is 12.9. The van der Waals surface area contributed by atoms with Crippen LogP contribution in [-0.4, -0.2) is 44.3 Å². The Balaban J connectivity index is 1.82. The second-order valence-corrected chi connectivity index (χ2v) is 10.2. The first-order chi connectivity index (χ1) is 14.7. The zero-order valence-electron chi connectivity index (χ0n) is 17.5. The lowest BCUT2D eigenvalue weighted by molar-refractivity contribution is 0.0605. The van der Waals surface area contributed by atoms with Gasteiger partial charge in [0, 0.05) is 18.2 Å². The molecule has 1 saturated heterocycles. The highest BCUT2D eigenvalue weighted by Crippen LogP contribution is 2.33. The molecule has 10 heteroatoms. The zero-order chi connectivity index (χ0) is 22.8. The summed E-state index contributed by atoms with van der Waals surface area (Å²) in [6.45, 7) is 4.00. The number of benzene rings is 1. The van der Waals surface area contributed by atoms with Crippen molar-refractivity contribution < 1.29 is 22.7 Å². The number of carbonyl (C=O) groups excluding carboxylic acids is 2. The molecular weight excluding hydrogens is 438 g/mol. The van der Waals surface area contributed by atoms with Crippen LogP contribution in [0.15, 0.2) is 29.2 Å². The average molecular weight is 462 g/mol. The summed E-state index contributed by atoms with van der Waals surface area (Å²) in [5.41, 5.74) is 0.865. The Morgan fingerprint density at radius 1 is 1.26 bits per heavy atom. The van der Waals surface area contributed by atoms with Crippen LogP contribution in [0.1, 0.15) is 57.3 Å². The van der Waals surface area contributed by atoms with Gasteiger partial charge in [-0.05, 0) is 56.5 Å². The largest absolute Gasteiger partial charge is 0.465 e. The van der Waals surface area contributed by atoms with E-state index in [-0.39, 0.29) is 31.9 Å². The number of anilines is 1. The fourth-order valence-electron chi connectivity index (χ4n) is 3.54. The number of hydrogen-bond acceptors (Lipinski definition) is 7. The molecule has 0 saturated carbocycles. The van der Waals surface area contributed by atoms with Gasteiger partial charge in [0.25, 0.3) is 5.91 Å². The highest BCUT2D eigenvalue weighted by atomic mass is 32.2. The van der Waals surface area contributed by atoms with Gasteiger partial charge in [0.1, 0.15) is 15.9 Å². The molecule has 1 amide bonds. The topological polar surface area (TPSA) is 117 Å². The smallest absolute Gasteiger partial charge is 0.348 e. The van der Waals surface area contributed by atoms with Crippen LogP contribution in [0.4, 0.5) is 5.00 Å². The molecule has 1 atom stereocenters. The lowest BCUT2D eigenvalue weighted by Crippen LogP contribution is -2.41. The average Bonchev–Trinajstić information content (AvgIpc) is 3.08. The molecule has 0 spiro atoms. The van der Waals surface area contributed by atoms with Gasteiger partial charge in [-0.15, -0.1) is 11.3 Å². The standard InChI is InChI=1S/C21H23N3O5S2/c1-13-6-4-5-11-24(13)31(27,28)16-9-7-15(8-10-16)19(25)23-20-17(12-22)14(2)18(30-20)21(26)29-3/h7-10,13H,4-6,11H2,1-3H3,(H,23,25). The van der Waals surface area contributed by atoms with Crippen molar-refractivity contribution in [1.82, 2.24) is 4.31 Å². The predicted molar refractivity (Wildman–Crippen MR) is 117 cm³/mol. The van der Waals surface area contributed by atoms with Crippen LogP contribution in [0.3, 0.4) is 0 Å². The Morgan fingerprint density at radius 2 is 1.94 bits per heavy atom. The van der Waals surface area contributed by atoms with Gasteiger partial charge < -0.3 is 10.1 Å². The summed E-state index contributed by atoms with van der Waals surface area (Å²) in [6, 6.07) is 7.63. The van der Waals surface area contributed by atoms with Crippen molar-refractivity contribution in [2.24, 2.45) is 0 Å². The summed E-state index contributed by atoms with van der Waals surface area (Å²) in [7, 11) is -2.39. The molecule has 1 aliphatic heterocycles. The number of carbonyl (C=O) groups is 2. The predicted octanol–water partition coefficient (Wildman–Crippen LogP) is 3.53.